The van der Waals surface area contributed by atoms with Gasteiger partial charge in [-0.25, -0.2) is 0 Å². The van der Waals surface area contributed by atoms with E-state index >= 15 is 0 Å². The highest BCUT2D eigenvalue weighted by Gasteiger charge is 2.54. The minimum absolute atomic E-state index is 0.0176. The highest BCUT2D eigenvalue weighted by atomic mass is 16.6. The van der Waals surface area contributed by atoms with E-state index in [0.717, 1.165) is 89.9 Å². The molecule has 42 heavy (non-hydrogen) atoms. The van der Waals surface area contributed by atoms with Crippen LogP contribution in [0.25, 0.3) is 0 Å². The van der Waals surface area contributed by atoms with Gasteiger partial charge in [0.05, 0.1) is 24.7 Å². The summed E-state index contributed by atoms with van der Waals surface area (Å²) in [5.41, 5.74) is -0.752. The first-order valence-electron chi connectivity index (χ1n) is 16.0. The Bertz CT molecular complexity index is 900. The maximum absolute atomic E-state index is 12.1. The molecule has 4 aliphatic rings. The molecule has 8 heteroatoms. The summed E-state index contributed by atoms with van der Waals surface area (Å²) in [4.78, 5) is 46.9. The van der Waals surface area contributed by atoms with Gasteiger partial charge in [0.15, 0.2) is 0 Å². The summed E-state index contributed by atoms with van der Waals surface area (Å²) < 4.78 is 11.1. The zero-order chi connectivity index (χ0) is 30.9. The van der Waals surface area contributed by atoms with Crippen LogP contribution in [-0.2, 0) is 28.7 Å². The van der Waals surface area contributed by atoms with Crippen molar-refractivity contribution in [2.75, 3.05) is 0 Å². The minimum atomic E-state index is -0.858. The highest BCUT2D eigenvalue weighted by Crippen LogP contribution is 2.50. The fourth-order valence-electron chi connectivity index (χ4n) is 7.16. The lowest BCUT2D eigenvalue weighted by Crippen LogP contribution is -2.28. The van der Waals surface area contributed by atoms with E-state index in [1.807, 2.05) is 26.0 Å². The van der Waals surface area contributed by atoms with Crippen LogP contribution in [0.15, 0.2) is 25.3 Å². The Kier molecular flexibility index (Phi) is 12.2. The van der Waals surface area contributed by atoms with Gasteiger partial charge in [-0.2, -0.15) is 0 Å². The molecular formula is C34H52O8. The van der Waals surface area contributed by atoms with Crippen LogP contribution in [0.1, 0.15) is 117 Å². The zero-order valence-corrected chi connectivity index (χ0v) is 25.7. The van der Waals surface area contributed by atoms with Gasteiger partial charge in [-0.1, -0.05) is 37.8 Å². The summed E-state index contributed by atoms with van der Waals surface area (Å²) in [6, 6.07) is 0. The number of carboxylic acids is 2. The Morgan fingerprint density at radius 1 is 0.714 bits per heavy atom. The molecule has 236 valence electrons. The van der Waals surface area contributed by atoms with Crippen LogP contribution in [0.5, 0.6) is 0 Å². The van der Waals surface area contributed by atoms with Crippen molar-refractivity contribution >= 4 is 23.9 Å². The molecule has 4 aliphatic carbocycles. The smallest absolute Gasteiger partial charge is 0.307 e. The predicted molar refractivity (Wildman–Crippen MR) is 159 cm³/mol. The van der Waals surface area contributed by atoms with Crippen molar-refractivity contribution in [1.82, 2.24) is 0 Å². The Labute approximate surface area is 251 Å². The standard InChI is InChI=1S/2C17H26O4/c2*1-3-4-9-13-11-17(13,2)21-15(18)10-14(16(19)20)12-7-5-6-8-12/h2*3,12-14H,1,4-11H2,2H3,(H,19,20)/t13-,14+,17-;13-,14-,17-/m10/s1. The number of rotatable bonds is 16. The van der Waals surface area contributed by atoms with Crippen molar-refractivity contribution < 1.29 is 38.9 Å². The molecule has 0 spiro atoms. The van der Waals surface area contributed by atoms with Crippen LogP contribution in [-0.4, -0.2) is 45.3 Å². The van der Waals surface area contributed by atoms with Gasteiger partial charge >= 0.3 is 23.9 Å². The molecule has 0 aromatic heterocycles. The maximum Gasteiger partial charge on any atom is 0.307 e. The first-order chi connectivity index (χ1) is 19.9. The van der Waals surface area contributed by atoms with Crippen molar-refractivity contribution in [3.8, 4) is 0 Å². The molecule has 0 radical (unpaired) electrons. The summed E-state index contributed by atoms with van der Waals surface area (Å²) in [5, 5.41) is 18.7. The number of aliphatic carboxylic acids is 2. The predicted octanol–water partition coefficient (Wildman–Crippen LogP) is 7.11. The highest BCUT2D eigenvalue weighted by molar-refractivity contribution is 5.80. The van der Waals surface area contributed by atoms with Crippen LogP contribution >= 0.6 is 0 Å². The molecule has 0 saturated heterocycles. The third-order valence-electron chi connectivity index (χ3n) is 10.2. The lowest BCUT2D eigenvalue weighted by atomic mass is 9.88. The molecule has 0 aromatic carbocycles. The van der Waals surface area contributed by atoms with Gasteiger partial charge < -0.3 is 19.7 Å². The van der Waals surface area contributed by atoms with Crippen molar-refractivity contribution in [1.29, 1.82) is 0 Å². The third kappa shape index (κ3) is 9.70. The number of hydrogen-bond acceptors (Lipinski definition) is 6. The van der Waals surface area contributed by atoms with E-state index in [1.165, 1.54) is 0 Å². The first kappa shape index (κ1) is 33.9. The average molecular weight is 589 g/mol. The number of carbonyl (C=O) groups excluding carboxylic acids is 2. The van der Waals surface area contributed by atoms with E-state index in [1.54, 1.807) is 0 Å². The molecule has 0 unspecified atom stereocenters. The van der Waals surface area contributed by atoms with Gasteiger partial charge in [-0.05, 0) is 89.9 Å². The Morgan fingerprint density at radius 3 is 1.33 bits per heavy atom. The Morgan fingerprint density at radius 2 is 1.05 bits per heavy atom. The van der Waals surface area contributed by atoms with E-state index in [-0.39, 0.29) is 47.8 Å². The molecule has 4 fully saturated rings. The molecule has 2 N–H and O–H groups in total. The van der Waals surface area contributed by atoms with Gasteiger partial charge in [0.25, 0.3) is 0 Å². The van der Waals surface area contributed by atoms with Gasteiger partial charge in [0.2, 0.25) is 0 Å². The lowest BCUT2D eigenvalue weighted by Gasteiger charge is -2.20. The Hall–Kier alpha value is -2.64. The molecule has 0 bridgehead atoms. The average Bonchev–Trinajstić information content (AvgIpc) is 3.47. The molecule has 6 atom stereocenters. The molecule has 0 aromatic rings. The molecule has 0 amide bonds. The van der Waals surface area contributed by atoms with Gasteiger partial charge in [0, 0.05) is 11.8 Å². The van der Waals surface area contributed by atoms with Crippen LogP contribution in [0.4, 0.5) is 0 Å². The lowest BCUT2D eigenvalue weighted by molar-refractivity contribution is -0.158. The van der Waals surface area contributed by atoms with Gasteiger partial charge in [0.1, 0.15) is 11.2 Å². The van der Waals surface area contributed by atoms with Crippen LogP contribution in [0, 0.1) is 35.5 Å². The summed E-state index contributed by atoms with van der Waals surface area (Å²) in [6.45, 7) is 11.3. The van der Waals surface area contributed by atoms with Gasteiger partial charge in [-0.3, -0.25) is 19.2 Å². The second-order valence-electron chi connectivity index (χ2n) is 13.5. The number of carboxylic acid groups (broad SMARTS) is 2. The number of carbonyl (C=O) groups is 4. The zero-order valence-electron chi connectivity index (χ0n) is 25.7. The Balaban J connectivity index is 0.000000230. The molecule has 4 saturated carbocycles. The number of esters is 2. The second kappa shape index (κ2) is 15.2. The summed E-state index contributed by atoms with van der Waals surface area (Å²) in [6.07, 6.45) is 17.4. The van der Waals surface area contributed by atoms with E-state index in [4.69, 9.17) is 9.47 Å². The first-order valence-corrected chi connectivity index (χ1v) is 16.0. The van der Waals surface area contributed by atoms with Crippen molar-refractivity contribution in [3.05, 3.63) is 25.3 Å². The summed E-state index contributed by atoms with van der Waals surface area (Å²) in [5.74, 6) is -2.49. The fraction of sp³-hybridized carbons (Fsp3) is 0.765. The molecular weight excluding hydrogens is 536 g/mol. The molecule has 8 nitrogen and oxygen atoms in total. The van der Waals surface area contributed by atoms with Crippen LogP contribution < -0.4 is 0 Å². The minimum Gasteiger partial charge on any atom is -0.481 e. The van der Waals surface area contributed by atoms with E-state index in [2.05, 4.69) is 13.2 Å². The van der Waals surface area contributed by atoms with Crippen molar-refractivity contribution in [3.63, 3.8) is 0 Å². The molecule has 0 aliphatic heterocycles. The second-order valence-corrected chi connectivity index (χ2v) is 13.5. The SMILES string of the molecule is C=CCC[C@@H]1C[C@@]1(C)OC(=O)C[C@H](C(=O)O)C1CCCC1.C=CCC[C@H]1C[C@]1(C)OC(=O)C[C@H](C(=O)O)C1CCCC1. The van der Waals surface area contributed by atoms with Crippen molar-refractivity contribution in [2.24, 2.45) is 35.5 Å². The fourth-order valence-corrected chi connectivity index (χ4v) is 7.16. The maximum atomic E-state index is 12.1. The monoisotopic (exact) mass is 588 g/mol. The quantitative estimate of drug-likeness (QED) is 0.144. The van der Waals surface area contributed by atoms with Crippen molar-refractivity contribution in [2.45, 2.75) is 128 Å². The summed E-state index contributed by atoms with van der Waals surface area (Å²) >= 11 is 0. The summed E-state index contributed by atoms with van der Waals surface area (Å²) in [7, 11) is 0. The van der Waals surface area contributed by atoms with E-state index < -0.39 is 23.8 Å². The van der Waals surface area contributed by atoms with Crippen LogP contribution in [0.3, 0.4) is 0 Å². The largest absolute Gasteiger partial charge is 0.481 e. The number of ether oxygens (including phenoxy) is 2. The number of hydrogen-bond donors (Lipinski definition) is 2. The molecule has 4 rings (SSSR count). The number of allylic oxidation sites excluding steroid dienone is 2. The molecule has 0 heterocycles. The topological polar surface area (TPSA) is 127 Å². The van der Waals surface area contributed by atoms with E-state index in [0.29, 0.717) is 11.8 Å². The third-order valence-corrected chi connectivity index (χ3v) is 10.2. The van der Waals surface area contributed by atoms with Gasteiger partial charge in [-0.15, -0.1) is 13.2 Å². The van der Waals surface area contributed by atoms with Crippen LogP contribution in [0.2, 0.25) is 0 Å². The van der Waals surface area contributed by atoms with E-state index in [9.17, 15) is 29.4 Å². The normalized spacial score (nSPS) is 29.9.